The first-order valence-electron chi connectivity index (χ1n) is 7.72. The van der Waals surface area contributed by atoms with Crippen LogP contribution in [-0.4, -0.2) is 42.1 Å². The molecule has 5 nitrogen and oxygen atoms in total. The maximum absolute atomic E-state index is 5.33. The second kappa shape index (κ2) is 5.25. The Labute approximate surface area is 130 Å². The van der Waals surface area contributed by atoms with Gasteiger partial charge in [-0.1, -0.05) is 0 Å². The van der Waals surface area contributed by atoms with Crippen LogP contribution in [0.2, 0.25) is 0 Å². The molecule has 114 valence electrons. The molecule has 2 aliphatic rings. The van der Waals surface area contributed by atoms with Crippen molar-refractivity contribution in [1.29, 1.82) is 0 Å². The fraction of sp³-hybridized carbons (Fsp3) is 0.412. The smallest absolute Gasteiger partial charge is 0.141 e. The monoisotopic (exact) mass is 296 g/mol. The predicted octanol–water partition coefficient (Wildman–Crippen LogP) is 2.17. The summed E-state index contributed by atoms with van der Waals surface area (Å²) in [4.78, 5) is 13.8. The van der Waals surface area contributed by atoms with E-state index in [1.165, 1.54) is 22.5 Å². The van der Waals surface area contributed by atoms with Crippen LogP contribution in [0.1, 0.15) is 16.8 Å². The molecule has 0 amide bonds. The lowest BCUT2D eigenvalue weighted by Crippen LogP contribution is -2.30. The molecule has 2 aromatic rings. The van der Waals surface area contributed by atoms with Gasteiger partial charge in [0, 0.05) is 37.3 Å². The van der Waals surface area contributed by atoms with Crippen LogP contribution in [0.5, 0.6) is 5.75 Å². The van der Waals surface area contributed by atoms with E-state index in [1.54, 1.807) is 13.4 Å². The quantitative estimate of drug-likeness (QED) is 0.849. The summed E-state index contributed by atoms with van der Waals surface area (Å²) in [6, 6.07) is 6.30. The van der Waals surface area contributed by atoms with Gasteiger partial charge < -0.3 is 14.5 Å². The van der Waals surface area contributed by atoms with Crippen molar-refractivity contribution in [3.63, 3.8) is 0 Å². The van der Waals surface area contributed by atoms with Crippen LogP contribution in [0.15, 0.2) is 24.5 Å². The number of fused-ring (bicyclic) bond motifs is 2. The molecular weight excluding hydrogens is 276 g/mol. The van der Waals surface area contributed by atoms with Crippen molar-refractivity contribution in [3.05, 3.63) is 41.3 Å². The van der Waals surface area contributed by atoms with Crippen LogP contribution in [0, 0.1) is 0 Å². The van der Waals surface area contributed by atoms with E-state index in [0.717, 1.165) is 44.0 Å². The summed E-state index contributed by atoms with van der Waals surface area (Å²) in [6.45, 7) is 2.96. The molecule has 1 aromatic heterocycles. The van der Waals surface area contributed by atoms with Gasteiger partial charge in [0.05, 0.1) is 12.8 Å². The number of likely N-dealkylation sites (N-methyl/N-ethyl adjacent to an activating group) is 1. The van der Waals surface area contributed by atoms with Crippen LogP contribution in [-0.2, 0) is 19.4 Å². The fourth-order valence-electron chi connectivity index (χ4n) is 3.42. The summed E-state index contributed by atoms with van der Waals surface area (Å²) in [5, 5.41) is 0. The summed E-state index contributed by atoms with van der Waals surface area (Å²) < 4.78 is 5.33. The average molecular weight is 296 g/mol. The molecule has 5 heteroatoms. The van der Waals surface area contributed by atoms with Gasteiger partial charge in [0.15, 0.2) is 0 Å². The number of anilines is 2. The van der Waals surface area contributed by atoms with E-state index >= 15 is 0 Å². The Morgan fingerprint density at radius 3 is 2.91 bits per heavy atom. The number of benzene rings is 1. The molecule has 0 aliphatic carbocycles. The third kappa shape index (κ3) is 2.13. The van der Waals surface area contributed by atoms with Crippen LogP contribution >= 0.6 is 0 Å². The Morgan fingerprint density at radius 2 is 2.05 bits per heavy atom. The highest BCUT2D eigenvalue weighted by Gasteiger charge is 2.27. The van der Waals surface area contributed by atoms with Crippen molar-refractivity contribution in [2.75, 3.05) is 32.1 Å². The minimum Gasteiger partial charge on any atom is -0.497 e. The third-order valence-electron chi connectivity index (χ3n) is 4.61. The van der Waals surface area contributed by atoms with Crippen LogP contribution in [0.25, 0.3) is 0 Å². The molecular formula is C17H20N4O. The number of hydrogen-bond donors (Lipinski definition) is 0. The zero-order valence-electron chi connectivity index (χ0n) is 13.0. The molecule has 2 aliphatic heterocycles. The highest BCUT2D eigenvalue weighted by molar-refractivity contribution is 5.70. The standard InChI is InChI=1S/C17H20N4O/c1-20-7-6-15-14(10-20)17(19-11-18-15)21-8-5-12-9-13(22-2)3-4-16(12)21/h3-4,9,11H,5-8,10H2,1-2H3. The molecule has 0 radical (unpaired) electrons. The Morgan fingerprint density at radius 1 is 1.14 bits per heavy atom. The topological polar surface area (TPSA) is 41.5 Å². The summed E-state index contributed by atoms with van der Waals surface area (Å²) >= 11 is 0. The lowest BCUT2D eigenvalue weighted by atomic mass is 10.1. The second-order valence-corrected chi connectivity index (χ2v) is 6.01. The predicted molar refractivity (Wildman–Crippen MR) is 85.8 cm³/mol. The molecule has 0 unspecified atom stereocenters. The molecule has 0 saturated carbocycles. The summed E-state index contributed by atoms with van der Waals surface area (Å²) in [5.41, 5.74) is 5.05. The minimum atomic E-state index is 0.921. The van der Waals surface area contributed by atoms with Gasteiger partial charge in [-0.25, -0.2) is 9.97 Å². The summed E-state index contributed by atoms with van der Waals surface area (Å²) in [5.74, 6) is 1.99. The SMILES string of the molecule is COc1ccc2c(c1)CCN2c1ncnc2c1CN(C)CC2. The van der Waals surface area contributed by atoms with Crippen molar-refractivity contribution in [2.45, 2.75) is 19.4 Å². The minimum absolute atomic E-state index is 0.921. The Hall–Kier alpha value is -2.14. The Kier molecular flexibility index (Phi) is 3.22. The van der Waals surface area contributed by atoms with Gasteiger partial charge in [-0.2, -0.15) is 0 Å². The van der Waals surface area contributed by atoms with Gasteiger partial charge in [-0.15, -0.1) is 0 Å². The van der Waals surface area contributed by atoms with Gasteiger partial charge in [-0.05, 0) is 37.2 Å². The van der Waals surface area contributed by atoms with Crippen LogP contribution < -0.4 is 9.64 Å². The zero-order chi connectivity index (χ0) is 15.1. The molecule has 4 rings (SSSR count). The number of aromatic nitrogens is 2. The number of ether oxygens (including phenoxy) is 1. The van der Waals surface area contributed by atoms with Gasteiger partial charge in [0.1, 0.15) is 17.9 Å². The van der Waals surface area contributed by atoms with Crippen molar-refractivity contribution >= 4 is 11.5 Å². The van der Waals surface area contributed by atoms with Gasteiger partial charge in [-0.3, -0.25) is 0 Å². The summed E-state index contributed by atoms with van der Waals surface area (Å²) in [6.07, 6.45) is 3.74. The maximum atomic E-state index is 5.33. The van der Waals surface area contributed by atoms with E-state index < -0.39 is 0 Å². The van der Waals surface area contributed by atoms with E-state index in [0.29, 0.717) is 0 Å². The highest BCUT2D eigenvalue weighted by Crippen LogP contribution is 2.38. The second-order valence-electron chi connectivity index (χ2n) is 6.01. The van der Waals surface area contributed by atoms with E-state index in [2.05, 4.69) is 38.9 Å². The molecule has 0 fully saturated rings. The normalized spacial score (nSPS) is 17.3. The van der Waals surface area contributed by atoms with Crippen LogP contribution in [0.3, 0.4) is 0 Å². The van der Waals surface area contributed by atoms with Crippen molar-refractivity contribution in [3.8, 4) is 5.75 Å². The molecule has 0 atom stereocenters. The first kappa shape index (κ1) is 13.5. The molecule has 22 heavy (non-hydrogen) atoms. The molecule has 0 N–H and O–H groups in total. The fourth-order valence-corrected chi connectivity index (χ4v) is 3.42. The number of nitrogens with zero attached hydrogens (tertiary/aromatic N) is 4. The highest BCUT2D eigenvalue weighted by atomic mass is 16.5. The molecule has 0 spiro atoms. The third-order valence-corrected chi connectivity index (χ3v) is 4.61. The van der Waals surface area contributed by atoms with Crippen molar-refractivity contribution < 1.29 is 4.74 Å². The molecule has 3 heterocycles. The Balaban J connectivity index is 1.76. The molecule has 0 bridgehead atoms. The van der Waals surface area contributed by atoms with E-state index in [-0.39, 0.29) is 0 Å². The lowest BCUT2D eigenvalue weighted by molar-refractivity contribution is 0.309. The lowest BCUT2D eigenvalue weighted by Gasteiger charge is -2.29. The van der Waals surface area contributed by atoms with E-state index in [4.69, 9.17) is 4.74 Å². The largest absolute Gasteiger partial charge is 0.497 e. The number of methoxy groups -OCH3 is 1. The van der Waals surface area contributed by atoms with Crippen molar-refractivity contribution in [2.24, 2.45) is 0 Å². The van der Waals surface area contributed by atoms with Gasteiger partial charge >= 0.3 is 0 Å². The number of rotatable bonds is 2. The molecule has 1 aromatic carbocycles. The van der Waals surface area contributed by atoms with Gasteiger partial charge in [0.2, 0.25) is 0 Å². The number of hydrogen-bond acceptors (Lipinski definition) is 5. The van der Waals surface area contributed by atoms with E-state index in [1.807, 2.05) is 6.07 Å². The van der Waals surface area contributed by atoms with E-state index in [9.17, 15) is 0 Å². The van der Waals surface area contributed by atoms with Crippen LogP contribution in [0.4, 0.5) is 11.5 Å². The van der Waals surface area contributed by atoms with Crippen molar-refractivity contribution in [1.82, 2.24) is 14.9 Å². The average Bonchev–Trinajstić information content (AvgIpc) is 2.97. The summed E-state index contributed by atoms with van der Waals surface area (Å²) in [7, 11) is 3.87. The molecule has 0 saturated heterocycles. The first-order chi connectivity index (χ1) is 10.8. The maximum Gasteiger partial charge on any atom is 0.141 e. The zero-order valence-corrected chi connectivity index (χ0v) is 13.0. The first-order valence-corrected chi connectivity index (χ1v) is 7.72. The van der Waals surface area contributed by atoms with Gasteiger partial charge in [0.25, 0.3) is 0 Å². The Bertz CT molecular complexity index is 716.